The number of hydrogen-bond acceptors (Lipinski definition) is 5. The van der Waals surface area contributed by atoms with Gasteiger partial charge in [0.25, 0.3) is 0 Å². The van der Waals surface area contributed by atoms with Gasteiger partial charge in [0.1, 0.15) is 0 Å². The molecule has 1 atom stereocenters. The Labute approximate surface area is 127 Å². The van der Waals surface area contributed by atoms with Crippen LogP contribution in [0, 0.1) is 0 Å². The molecule has 2 aromatic rings. The molecule has 8 nitrogen and oxygen atoms in total. The zero-order valence-corrected chi connectivity index (χ0v) is 12.1. The standard InChI is InChI=1S/C14H18N6O2/c21-14(15-7-11-18-20-13(22-11)8-4-5-8)17-10-3-1-2-9-6-16-19-12(9)10/h6,8,10H,1-5,7H2,(H,16,19)(H2,15,17,21). The van der Waals surface area contributed by atoms with Gasteiger partial charge < -0.3 is 15.1 Å². The summed E-state index contributed by atoms with van der Waals surface area (Å²) in [5.74, 6) is 1.56. The molecule has 8 heteroatoms. The predicted octanol–water partition coefficient (Wildman–Crippen LogP) is 1.55. The van der Waals surface area contributed by atoms with Crippen LogP contribution in [0.1, 0.15) is 60.7 Å². The smallest absolute Gasteiger partial charge is 0.315 e. The first-order valence-electron chi connectivity index (χ1n) is 7.68. The molecular formula is C14H18N6O2. The molecule has 2 amide bonds. The number of urea groups is 1. The second-order valence-corrected chi connectivity index (χ2v) is 5.89. The zero-order valence-electron chi connectivity index (χ0n) is 12.1. The van der Waals surface area contributed by atoms with E-state index in [1.54, 1.807) is 0 Å². The zero-order chi connectivity index (χ0) is 14.9. The van der Waals surface area contributed by atoms with Crippen LogP contribution < -0.4 is 10.6 Å². The minimum Gasteiger partial charge on any atom is -0.423 e. The van der Waals surface area contributed by atoms with E-state index in [0.29, 0.717) is 17.7 Å². The monoisotopic (exact) mass is 302 g/mol. The number of amides is 2. The average Bonchev–Trinajstić information content (AvgIpc) is 3.07. The summed E-state index contributed by atoms with van der Waals surface area (Å²) in [4.78, 5) is 12.0. The van der Waals surface area contributed by atoms with E-state index in [0.717, 1.165) is 37.8 Å². The Bertz CT molecular complexity index is 674. The Morgan fingerprint density at radius 3 is 3.14 bits per heavy atom. The highest BCUT2D eigenvalue weighted by Gasteiger charge is 2.29. The number of fused-ring (bicyclic) bond motifs is 1. The molecule has 0 bridgehead atoms. The molecule has 116 valence electrons. The normalized spacial score (nSPS) is 20.5. The molecule has 2 aromatic heterocycles. The van der Waals surface area contributed by atoms with Crippen molar-refractivity contribution in [2.75, 3.05) is 0 Å². The summed E-state index contributed by atoms with van der Waals surface area (Å²) in [5.41, 5.74) is 2.19. The van der Waals surface area contributed by atoms with Gasteiger partial charge in [-0.3, -0.25) is 5.10 Å². The maximum absolute atomic E-state index is 12.0. The van der Waals surface area contributed by atoms with Crippen molar-refractivity contribution in [1.29, 1.82) is 0 Å². The fourth-order valence-electron chi connectivity index (χ4n) is 2.81. The Hall–Kier alpha value is -2.38. The van der Waals surface area contributed by atoms with Gasteiger partial charge in [0.2, 0.25) is 11.8 Å². The highest BCUT2D eigenvalue weighted by atomic mass is 16.4. The summed E-state index contributed by atoms with van der Waals surface area (Å²) >= 11 is 0. The maximum Gasteiger partial charge on any atom is 0.315 e. The predicted molar refractivity (Wildman–Crippen MR) is 75.9 cm³/mol. The first-order chi connectivity index (χ1) is 10.8. The lowest BCUT2D eigenvalue weighted by molar-refractivity contribution is 0.233. The third-order valence-corrected chi connectivity index (χ3v) is 4.15. The summed E-state index contributed by atoms with van der Waals surface area (Å²) < 4.78 is 5.51. The fraction of sp³-hybridized carbons (Fsp3) is 0.571. The molecular weight excluding hydrogens is 284 g/mol. The third-order valence-electron chi connectivity index (χ3n) is 4.15. The Balaban J connectivity index is 1.31. The van der Waals surface area contributed by atoms with Gasteiger partial charge in [0, 0.05) is 5.92 Å². The van der Waals surface area contributed by atoms with Crippen LogP contribution in [0.25, 0.3) is 0 Å². The van der Waals surface area contributed by atoms with E-state index in [-0.39, 0.29) is 18.6 Å². The molecule has 0 aliphatic heterocycles. The van der Waals surface area contributed by atoms with Gasteiger partial charge in [0.05, 0.1) is 24.5 Å². The van der Waals surface area contributed by atoms with Gasteiger partial charge in [-0.05, 0) is 37.7 Å². The minimum atomic E-state index is -0.237. The number of nitrogens with zero attached hydrogens (tertiary/aromatic N) is 3. The third kappa shape index (κ3) is 2.68. The van der Waals surface area contributed by atoms with E-state index < -0.39 is 0 Å². The van der Waals surface area contributed by atoms with E-state index in [4.69, 9.17) is 4.42 Å². The number of aromatic nitrogens is 4. The number of aromatic amines is 1. The van der Waals surface area contributed by atoms with Crippen LogP contribution in [0.15, 0.2) is 10.6 Å². The molecule has 22 heavy (non-hydrogen) atoms. The first kappa shape index (κ1) is 13.3. The molecule has 1 fully saturated rings. The lowest BCUT2D eigenvalue weighted by atomic mass is 9.94. The molecule has 0 radical (unpaired) electrons. The molecule has 1 unspecified atom stereocenters. The summed E-state index contributed by atoms with van der Waals surface area (Å²) in [6, 6.07) is -0.255. The largest absolute Gasteiger partial charge is 0.423 e. The van der Waals surface area contributed by atoms with E-state index in [1.165, 1.54) is 5.56 Å². The number of H-pyrrole nitrogens is 1. The number of rotatable bonds is 4. The van der Waals surface area contributed by atoms with Crippen LogP contribution in [0.2, 0.25) is 0 Å². The van der Waals surface area contributed by atoms with Crippen LogP contribution >= 0.6 is 0 Å². The van der Waals surface area contributed by atoms with E-state index in [2.05, 4.69) is 31.0 Å². The van der Waals surface area contributed by atoms with Crippen LogP contribution in [0.4, 0.5) is 4.79 Å². The van der Waals surface area contributed by atoms with Crippen LogP contribution in [-0.2, 0) is 13.0 Å². The van der Waals surface area contributed by atoms with Crippen molar-refractivity contribution in [3.8, 4) is 0 Å². The van der Waals surface area contributed by atoms with Crippen molar-refractivity contribution in [3.05, 3.63) is 29.2 Å². The summed E-state index contributed by atoms with van der Waals surface area (Å²) in [7, 11) is 0. The van der Waals surface area contributed by atoms with E-state index >= 15 is 0 Å². The average molecular weight is 302 g/mol. The number of hydrogen-bond donors (Lipinski definition) is 3. The summed E-state index contributed by atoms with van der Waals surface area (Å²) in [6.07, 6.45) is 7.03. The Morgan fingerprint density at radius 1 is 1.36 bits per heavy atom. The molecule has 4 rings (SSSR count). The fourth-order valence-corrected chi connectivity index (χ4v) is 2.81. The maximum atomic E-state index is 12.0. The number of aryl methyl sites for hydroxylation is 1. The highest BCUT2D eigenvalue weighted by Crippen LogP contribution is 2.38. The summed E-state index contributed by atoms with van der Waals surface area (Å²) in [6.45, 7) is 0.244. The van der Waals surface area contributed by atoms with Crippen molar-refractivity contribution in [2.24, 2.45) is 0 Å². The molecule has 3 N–H and O–H groups in total. The van der Waals surface area contributed by atoms with Crippen LogP contribution in [-0.4, -0.2) is 26.4 Å². The highest BCUT2D eigenvalue weighted by molar-refractivity contribution is 5.74. The van der Waals surface area contributed by atoms with E-state index in [1.807, 2.05) is 6.20 Å². The van der Waals surface area contributed by atoms with Gasteiger partial charge in [-0.2, -0.15) is 5.10 Å². The van der Waals surface area contributed by atoms with Crippen molar-refractivity contribution >= 4 is 6.03 Å². The molecule has 0 aromatic carbocycles. The lowest BCUT2D eigenvalue weighted by Gasteiger charge is -2.22. The van der Waals surface area contributed by atoms with Crippen molar-refractivity contribution < 1.29 is 9.21 Å². The molecule has 0 spiro atoms. The number of carbonyl (C=O) groups excluding carboxylic acids is 1. The topological polar surface area (TPSA) is 109 Å². The molecule has 2 heterocycles. The first-order valence-corrected chi connectivity index (χ1v) is 7.68. The minimum absolute atomic E-state index is 0.0176. The summed E-state index contributed by atoms with van der Waals surface area (Å²) in [5, 5.41) is 20.7. The van der Waals surface area contributed by atoms with Crippen LogP contribution in [0.3, 0.4) is 0 Å². The molecule has 2 aliphatic rings. The number of nitrogens with one attached hydrogen (secondary N) is 3. The van der Waals surface area contributed by atoms with Crippen LogP contribution in [0.5, 0.6) is 0 Å². The number of carbonyl (C=O) groups is 1. The van der Waals surface area contributed by atoms with Crippen molar-refractivity contribution in [2.45, 2.75) is 50.6 Å². The van der Waals surface area contributed by atoms with Gasteiger partial charge in [-0.25, -0.2) is 4.79 Å². The van der Waals surface area contributed by atoms with Crippen molar-refractivity contribution in [1.82, 2.24) is 31.0 Å². The second kappa shape index (κ2) is 5.43. The van der Waals surface area contributed by atoms with Gasteiger partial charge >= 0.3 is 6.03 Å². The quantitative estimate of drug-likeness (QED) is 0.794. The van der Waals surface area contributed by atoms with Gasteiger partial charge in [-0.15, -0.1) is 10.2 Å². The Kier molecular flexibility index (Phi) is 3.28. The van der Waals surface area contributed by atoms with E-state index in [9.17, 15) is 4.79 Å². The van der Waals surface area contributed by atoms with Crippen molar-refractivity contribution in [3.63, 3.8) is 0 Å². The molecule has 0 saturated heterocycles. The molecule has 1 saturated carbocycles. The second-order valence-electron chi connectivity index (χ2n) is 5.89. The SMILES string of the molecule is O=C(NCc1nnc(C2CC2)o1)NC1CCCc2cn[nH]c21. The molecule has 2 aliphatic carbocycles. The van der Waals surface area contributed by atoms with Gasteiger partial charge in [-0.1, -0.05) is 0 Å². The van der Waals surface area contributed by atoms with Gasteiger partial charge in [0.15, 0.2) is 0 Å². The lowest BCUT2D eigenvalue weighted by Crippen LogP contribution is -2.38. The Morgan fingerprint density at radius 2 is 2.27 bits per heavy atom.